The van der Waals surface area contributed by atoms with Crippen molar-refractivity contribution in [2.24, 2.45) is 0 Å². The maximum absolute atomic E-state index is 10.8. The van der Waals surface area contributed by atoms with Crippen LogP contribution < -0.4 is 34.7 Å². The number of nitrogens with zero attached hydrogens (tertiary/aromatic N) is 1. The number of cyclic esters (lactones) is 1. The van der Waals surface area contributed by atoms with E-state index in [1.54, 1.807) is 12.4 Å². The second kappa shape index (κ2) is 9.39. The molecule has 0 spiro atoms. The number of esters is 1. The van der Waals surface area contributed by atoms with E-state index in [0.717, 1.165) is 5.56 Å². The zero-order chi connectivity index (χ0) is 15.1. The molecule has 0 saturated heterocycles. The number of aliphatic hydroxyl groups is 3. The number of aliphatic hydroxyl groups excluding tert-OH is 3. The van der Waals surface area contributed by atoms with E-state index >= 15 is 0 Å². The van der Waals surface area contributed by atoms with Gasteiger partial charge < -0.3 is 25.2 Å². The molecule has 0 amide bonds. The van der Waals surface area contributed by atoms with Crippen LogP contribution in [0.1, 0.15) is 5.56 Å². The molecule has 0 saturated carbocycles. The minimum absolute atomic E-state index is 0. The fraction of sp³-hybridized carbons (Fsp3) is 0.231. The predicted molar refractivity (Wildman–Crippen MR) is 64.8 cm³/mol. The number of hydrogen-bond donors (Lipinski definition) is 3. The number of carbonyl (C=O) groups is 1. The molecule has 8 heteroatoms. The zero-order valence-electron chi connectivity index (χ0n) is 11.3. The van der Waals surface area contributed by atoms with Crippen molar-refractivity contribution in [1.29, 1.82) is 0 Å². The number of pyridine rings is 1. The van der Waals surface area contributed by atoms with Crippen LogP contribution >= 0.6 is 0 Å². The van der Waals surface area contributed by atoms with Crippen molar-refractivity contribution in [2.75, 3.05) is 6.61 Å². The van der Waals surface area contributed by atoms with E-state index in [1.165, 1.54) is 0 Å². The Morgan fingerprint density at radius 2 is 2.24 bits per heavy atom. The maximum atomic E-state index is 10.8. The second-order valence-corrected chi connectivity index (χ2v) is 3.67. The minimum Gasteiger partial charge on any atom is -0.870 e. The fourth-order valence-corrected chi connectivity index (χ4v) is 1.26. The maximum Gasteiger partial charge on any atom is 1.00 e. The van der Waals surface area contributed by atoms with E-state index < -0.39 is 36.3 Å². The quantitative estimate of drug-likeness (QED) is 0.286. The van der Waals surface area contributed by atoms with Gasteiger partial charge in [-0.05, 0) is 17.9 Å². The SMILES string of the molecule is C#Cc1cccnc1.O=C1O[C@H]([C@@H](O)CO)C([O-])=C1O.[Na+]. The molecular formula is C13H12NNaO6. The third kappa shape index (κ3) is 5.38. The predicted octanol–water partition coefficient (Wildman–Crippen LogP) is -4.54. The summed E-state index contributed by atoms with van der Waals surface area (Å²) in [6, 6.07) is 3.65. The van der Waals surface area contributed by atoms with Gasteiger partial charge in [0, 0.05) is 18.0 Å². The Morgan fingerprint density at radius 1 is 1.57 bits per heavy atom. The van der Waals surface area contributed by atoms with E-state index in [1.807, 2.05) is 12.1 Å². The van der Waals surface area contributed by atoms with Gasteiger partial charge in [-0.25, -0.2) is 4.79 Å². The Hall–Kier alpha value is -1.56. The molecule has 0 bridgehead atoms. The Morgan fingerprint density at radius 3 is 2.57 bits per heavy atom. The van der Waals surface area contributed by atoms with Gasteiger partial charge in [-0.1, -0.05) is 5.92 Å². The van der Waals surface area contributed by atoms with Crippen molar-refractivity contribution in [3.05, 3.63) is 41.6 Å². The number of ether oxygens (including phenoxy) is 1. The molecule has 1 aromatic heterocycles. The Bertz CT molecular complexity index is 539. The van der Waals surface area contributed by atoms with Crippen LogP contribution in [0.3, 0.4) is 0 Å². The summed E-state index contributed by atoms with van der Waals surface area (Å²) in [5.74, 6) is -0.738. The topological polar surface area (TPSA) is 123 Å². The summed E-state index contributed by atoms with van der Waals surface area (Å²) in [5, 5.41) is 36.8. The molecule has 21 heavy (non-hydrogen) atoms. The number of terminal acetylenes is 1. The molecule has 1 aliphatic heterocycles. The smallest absolute Gasteiger partial charge is 0.870 e. The third-order valence-corrected chi connectivity index (χ3v) is 2.28. The number of aromatic nitrogens is 1. The van der Waals surface area contributed by atoms with Crippen LogP contribution in [0, 0.1) is 12.3 Å². The molecule has 7 nitrogen and oxygen atoms in total. The number of rotatable bonds is 2. The monoisotopic (exact) mass is 301 g/mol. The van der Waals surface area contributed by atoms with Gasteiger partial charge >= 0.3 is 35.5 Å². The Labute approximate surface area is 143 Å². The van der Waals surface area contributed by atoms with Crippen LogP contribution in [0.25, 0.3) is 0 Å². The Kier molecular flexibility index (Phi) is 8.69. The van der Waals surface area contributed by atoms with Gasteiger partial charge in [-0.3, -0.25) is 4.98 Å². The zero-order valence-corrected chi connectivity index (χ0v) is 13.3. The van der Waals surface area contributed by atoms with Crippen LogP contribution in [-0.4, -0.2) is 45.1 Å². The van der Waals surface area contributed by atoms with Crippen molar-refractivity contribution >= 4 is 5.97 Å². The summed E-state index contributed by atoms with van der Waals surface area (Å²) in [4.78, 5) is 14.3. The van der Waals surface area contributed by atoms with Crippen LogP contribution in [0.2, 0.25) is 0 Å². The summed E-state index contributed by atoms with van der Waals surface area (Å²) >= 11 is 0. The number of hydrogen-bond acceptors (Lipinski definition) is 7. The van der Waals surface area contributed by atoms with Gasteiger partial charge in [-0.2, -0.15) is 0 Å². The molecule has 0 aromatic carbocycles. The first-order chi connectivity index (χ1) is 9.51. The molecule has 106 valence electrons. The fourth-order valence-electron chi connectivity index (χ4n) is 1.26. The molecule has 3 N–H and O–H groups in total. The van der Waals surface area contributed by atoms with Gasteiger partial charge in [0.05, 0.1) is 6.61 Å². The summed E-state index contributed by atoms with van der Waals surface area (Å²) in [7, 11) is 0. The standard InChI is InChI=1S/C7H5N.C6H8O6.Na/c1-2-7-4-3-5-8-6-7;7-1-2(8)5-3(9)4(10)6(11)12-5;/h1,3-6H;2,5,7-10H,1H2;/q;;+1/p-1/t;2-,5+;/m.0./s1. The van der Waals surface area contributed by atoms with Crippen LogP contribution in [-0.2, 0) is 9.53 Å². The largest absolute Gasteiger partial charge is 1.00 e. The molecule has 2 rings (SSSR count). The van der Waals surface area contributed by atoms with E-state index in [2.05, 4.69) is 15.6 Å². The second-order valence-electron chi connectivity index (χ2n) is 3.67. The van der Waals surface area contributed by atoms with Gasteiger partial charge in [0.15, 0.2) is 5.76 Å². The van der Waals surface area contributed by atoms with E-state index in [0.29, 0.717) is 0 Å². The summed E-state index contributed by atoms with van der Waals surface area (Å²) in [6.45, 7) is -0.711. The van der Waals surface area contributed by atoms with Gasteiger partial charge in [0.1, 0.15) is 12.2 Å². The van der Waals surface area contributed by atoms with E-state index in [9.17, 15) is 9.90 Å². The molecule has 0 unspecified atom stereocenters. The van der Waals surface area contributed by atoms with E-state index in [4.69, 9.17) is 21.7 Å². The minimum atomic E-state index is -1.48. The van der Waals surface area contributed by atoms with Crippen LogP contribution in [0.4, 0.5) is 0 Å². The molecule has 1 aromatic rings. The molecule has 2 atom stereocenters. The van der Waals surface area contributed by atoms with Crippen molar-refractivity contribution in [2.45, 2.75) is 12.2 Å². The van der Waals surface area contributed by atoms with E-state index in [-0.39, 0.29) is 29.6 Å². The van der Waals surface area contributed by atoms with Gasteiger partial charge in [-0.15, -0.1) is 6.42 Å². The molecule has 0 fully saturated rings. The average molecular weight is 301 g/mol. The van der Waals surface area contributed by atoms with Crippen molar-refractivity contribution in [3.63, 3.8) is 0 Å². The molecular weight excluding hydrogens is 289 g/mol. The van der Waals surface area contributed by atoms with Gasteiger partial charge in [0.25, 0.3) is 0 Å². The summed E-state index contributed by atoms with van der Waals surface area (Å²) < 4.78 is 4.25. The number of carbonyl (C=O) groups excluding carboxylic acids is 1. The Balaban J connectivity index is 0.000000390. The van der Waals surface area contributed by atoms with Crippen LogP contribution in [0.15, 0.2) is 36.0 Å². The first kappa shape index (κ1) is 19.4. The van der Waals surface area contributed by atoms with Gasteiger partial charge in [0.2, 0.25) is 0 Å². The molecule has 2 heterocycles. The van der Waals surface area contributed by atoms with Crippen molar-refractivity contribution < 1.29 is 59.5 Å². The normalized spacial score (nSPS) is 17.8. The van der Waals surface area contributed by atoms with Crippen molar-refractivity contribution in [1.82, 2.24) is 4.98 Å². The van der Waals surface area contributed by atoms with Crippen LogP contribution in [0.5, 0.6) is 0 Å². The molecule has 0 radical (unpaired) electrons. The summed E-state index contributed by atoms with van der Waals surface area (Å²) in [5.41, 5.74) is 0.826. The van der Waals surface area contributed by atoms with Crippen molar-refractivity contribution in [3.8, 4) is 12.3 Å². The average Bonchev–Trinajstić information content (AvgIpc) is 2.75. The molecule has 1 aliphatic rings. The summed E-state index contributed by atoms with van der Waals surface area (Å²) in [6.07, 6.45) is 5.46. The first-order valence-corrected chi connectivity index (χ1v) is 5.48. The molecule has 0 aliphatic carbocycles. The first-order valence-electron chi connectivity index (χ1n) is 5.48. The third-order valence-electron chi connectivity index (χ3n) is 2.28.